The molecule has 1 rings (SSSR count). The van der Waals surface area contributed by atoms with E-state index in [1.165, 1.54) is 0 Å². The summed E-state index contributed by atoms with van der Waals surface area (Å²) in [6.07, 6.45) is 3.04. The number of carbonyl (C=O) groups excluding carboxylic acids is 1. The predicted octanol–water partition coefficient (Wildman–Crippen LogP) is 0.406. The van der Waals surface area contributed by atoms with Crippen LogP contribution in [0.15, 0.2) is 0 Å². The fraction of sp³-hybridized carbons (Fsp3) is 0.909. The fourth-order valence-corrected chi connectivity index (χ4v) is 1.84. The van der Waals surface area contributed by atoms with Gasteiger partial charge in [-0.15, -0.1) is 0 Å². The van der Waals surface area contributed by atoms with E-state index >= 15 is 0 Å². The molecule has 3 N–H and O–H groups in total. The number of aliphatic hydroxyl groups is 1. The van der Waals surface area contributed by atoms with Gasteiger partial charge in [0.05, 0.1) is 11.6 Å². The smallest absolute Gasteiger partial charge is 0.240 e. The van der Waals surface area contributed by atoms with Crippen LogP contribution in [-0.4, -0.2) is 35.7 Å². The van der Waals surface area contributed by atoms with E-state index < -0.39 is 5.54 Å². The van der Waals surface area contributed by atoms with E-state index in [1.807, 2.05) is 13.8 Å². The van der Waals surface area contributed by atoms with E-state index in [4.69, 9.17) is 0 Å². The summed E-state index contributed by atoms with van der Waals surface area (Å²) in [5, 5.41) is 15.4. The Morgan fingerprint density at radius 2 is 2.40 bits per heavy atom. The van der Waals surface area contributed by atoms with Gasteiger partial charge in [-0.1, -0.05) is 6.92 Å². The van der Waals surface area contributed by atoms with Gasteiger partial charge in [-0.05, 0) is 39.2 Å². The molecule has 1 aliphatic rings. The Labute approximate surface area is 91.4 Å². The van der Waals surface area contributed by atoms with Crippen LogP contribution in [0.2, 0.25) is 0 Å². The molecule has 0 radical (unpaired) electrons. The molecule has 4 nitrogen and oxygen atoms in total. The van der Waals surface area contributed by atoms with Gasteiger partial charge in [-0.2, -0.15) is 0 Å². The Morgan fingerprint density at radius 1 is 1.67 bits per heavy atom. The molecule has 0 bridgehead atoms. The standard InChI is InChI=1S/C11H22N2O2/c1-3-9(14)5-8-12-10(15)11(2)6-4-7-13-11/h9,13-14H,3-8H2,1-2H3,(H,12,15). The van der Waals surface area contributed by atoms with Crippen LogP contribution in [0.4, 0.5) is 0 Å². The summed E-state index contributed by atoms with van der Waals surface area (Å²) in [5.74, 6) is 0.0586. The van der Waals surface area contributed by atoms with Crippen molar-refractivity contribution in [3.8, 4) is 0 Å². The summed E-state index contributed by atoms with van der Waals surface area (Å²) >= 11 is 0. The van der Waals surface area contributed by atoms with Crippen molar-refractivity contribution < 1.29 is 9.90 Å². The molecule has 0 aromatic rings. The number of nitrogens with one attached hydrogen (secondary N) is 2. The summed E-state index contributed by atoms with van der Waals surface area (Å²) in [4.78, 5) is 11.8. The van der Waals surface area contributed by atoms with Gasteiger partial charge in [0.25, 0.3) is 0 Å². The van der Waals surface area contributed by atoms with Gasteiger partial charge >= 0.3 is 0 Å². The van der Waals surface area contributed by atoms with E-state index in [9.17, 15) is 9.90 Å². The number of rotatable bonds is 5. The molecule has 2 unspecified atom stereocenters. The number of hydrogen-bond acceptors (Lipinski definition) is 3. The van der Waals surface area contributed by atoms with Crippen LogP contribution in [0, 0.1) is 0 Å². The quantitative estimate of drug-likeness (QED) is 0.621. The molecule has 1 amide bonds. The summed E-state index contributed by atoms with van der Waals surface area (Å²) < 4.78 is 0. The summed E-state index contributed by atoms with van der Waals surface area (Å²) in [5.41, 5.74) is -0.392. The second-order valence-corrected chi connectivity index (χ2v) is 4.47. The van der Waals surface area contributed by atoms with Crippen molar-refractivity contribution in [1.82, 2.24) is 10.6 Å². The molecule has 0 aromatic carbocycles. The highest BCUT2D eigenvalue weighted by atomic mass is 16.3. The van der Waals surface area contributed by atoms with Crippen molar-refractivity contribution in [2.24, 2.45) is 0 Å². The molecule has 0 saturated carbocycles. The predicted molar refractivity (Wildman–Crippen MR) is 59.6 cm³/mol. The monoisotopic (exact) mass is 214 g/mol. The first-order chi connectivity index (χ1) is 7.08. The fourth-order valence-electron chi connectivity index (χ4n) is 1.84. The zero-order valence-electron chi connectivity index (χ0n) is 9.68. The van der Waals surface area contributed by atoms with E-state index in [2.05, 4.69) is 10.6 Å². The minimum atomic E-state index is -0.392. The average molecular weight is 214 g/mol. The maximum atomic E-state index is 11.8. The maximum Gasteiger partial charge on any atom is 0.240 e. The molecule has 0 spiro atoms. The minimum Gasteiger partial charge on any atom is -0.393 e. The lowest BCUT2D eigenvalue weighted by molar-refractivity contribution is -0.126. The van der Waals surface area contributed by atoms with E-state index in [1.54, 1.807) is 0 Å². The first-order valence-corrected chi connectivity index (χ1v) is 5.80. The van der Waals surface area contributed by atoms with Crippen molar-refractivity contribution >= 4 is 5.91 Å². The summed E-state index contributed by atoms with van der Waals surface area (Å²) in [7, 11) is 0. The second-order valence-electron chi connectivity index (χ2n) is 4.47. The van der Waals surface area contributed by atoms with Crippen molar-refractivity contribution in [2.45, 2.75) is 51.2 Å². The molecule has 4 heteroatoms. The average Bonchev–Trinajstić information content (AvgIpc) is 2.66. The second kappa shape index (κ2) is 5.47. The molecule has 0 aromatic heterocycles. The zero-order chi connectivity index (χ0) is 11.3. The molecule has 0 aliphatic carbocycles. The van der Waals surface area contributed by atoms with Gasteiger partial charge in [0.2, 0.25) is 5.91 Å². The van der Waals surface area contributed by atoms with Crippen LogP contribution in [0.25, 0.3) is 0 Å². The highest BCUT2D eigenvalue weighted by molar-refractivity contribution is 5.86. The lowest BCUT2D eigenvalue weighted by atomic mass is 9.99. The van der Waals surface area contributed by atoms with Gasteiger partial charge in [-0.3, -0.25) is 4.79 Å². The van der Waals surface area contributed by atoms with Crippen LogP contribution in [-0.2, 0) is 4.79 Å². The first-order valence-electron chi connectivity index (χ1n) is 5.80. The topological polar surface area (TPSA) is 61.4 Å². The summed E-state index contributed by atoms with van der Waals surface area (Å²) in [6, 6.07) is 0. The Bertz CT molecular complexity index is 213. The minimum absolute atomic E-state index is 0.0586. The molecular formula is C11H22N2O2. The molecule has 88 valence electrons. The van der Waals surface area contributed by atoms with Crippen molar-refractivity contribution in [3.63, 3.8) is 0 Å². The third-order valence-corrected chi connectivity index (χ3v) is 3.10. The third-order valence-electron chi connectivity index (χ3n) is 3.10. The molecule has 15 heavy (non-hydrogen) atoms. The van der Waals surface area contributed by atoms with Gasteiger partial charge in [0.1, 0.15) is 0 Å². The third kappa shape index (κ3) is 3.47. The Hall–Kier alpha value is -0.610. The molecule has 1 aliphatic heterocycles. The molecule has 1 saturated heterocycles. The zero-order valence-corrected chi connectivity index (χ0v) is 9.68. The molecule has 1 heterocycles. The van der Waals surface area contributed by atoms with E-state index in [0.717, 1.165) is 25.8 Å². The van der Waals surface area contributed by atoms with Gasteiger partial charge in [0, 0.05) is 6.54 Å². The van der Waals surface area contributed by atoms with Crippen molar-refractivity contribution in [2.75, 3.05) is 13.1 Å². The molecular weight excluding hydrogens is 192 g/mol. The largest absolute Gasteiger partial charge is 0.393 e. The Balaban J connectivity index is 2.24. The summed E-state index contributed by atoms with van der Waals surface area (Å²) in [6.45, 7) is 5.35. The first kappa shape index (κ1) is 12.5. The van der Waals surface area contributed by atoms with Crippen LogP contribution in [0.3, 0.4) is 0 Å². The number of carbonyl (C=O) groups is 1. The molecule has 2 atom stereocenters. The Morgan fingerprint density at radius 3 is 2.93 bits per heavy atom. The lowest BCUT2D eigenvalue weighted by Gasteiger charge is -2.23. The van der Waals surface area contributed by atoms with Crippen LogP contribution < -0.4 is 10.6 Å². The normalized spacial score (nSPS) is 27.7. The van der Waals surface area contributed by atoms with Gasteiger partial charge < -0.3 is 15.7 Å². The number of aliphatic hydroxyl groups excluding tert-OH is 1. The SMILES string of the molecule is CCC(O)CCNC(=O)C1(C)CCCN1. The van der Waals surface area contributed by atoms with Crippen LogP contribution in [0.1, 0.15) is 39.5 Å². The number of hydrogen-bond donors (Lipinski definition) is 3. The number of amides is 1. The van der Waals surface area contributed by atoms with Gasteiger partial charge in [0.15, 0.2) is 0 Å². The molecule has 1 fully saturated rings. The highest BCUT2D eigenvalue weighted by Crippen LogP contribution is 2.18. The lowest BCUT2D eigenvalue weighted by Crippen LogP contribution is -2.51. The van der Waals surface area contributed by atoms with Gasteiger partial charge in [-0.25, -0.2) is 0 Å². The Kier molecular flexibility index (Phi) is 4.54. The van der Waals surface area contributed by atoms with Crippen LogP contribution >= 0.6 is 0 Å². The maximum absolute atomic E-state index is 11.8. The van der Waals surface area contributed by atoms with Crippen LogP contribution in [0.5, 0.6) is 0 Å². The highest BCUT2D eigenvalue weighted by Gasteiger charge is 2.35. The van der Waals surface area contributed by atoms with E-state index in [0.29, 0.717) is 13.0 Å². The van der Waals surface area contributed by atoms with Crippen molar-refractivity contribution in [1.29, 1.82) is 0 Å². The van der Waals surface area contributed by atoms with E-state index in [-0.39, 0.29) is 12.0 Å². The van der Waals surface area contributed by atoms with Crippen molar-refractivity contribution in [3.05, 3.63) is 0 Å².